The number of aryl methyl sites for hydroxylation is 1. The lowest BCUT2D eigenvalue weighted by atomic mass is 9.98. The van der Waals surface area contributed by atoms with Gasteiger partial charge in [0.15, 0.2) is 5.16 Å². The van der Waals surface area contributed by atoms with E-state index in [1.165, 1.54) is 23.1 Å². The molecule has 5 nitrogen and oxygen atoms in total. The minimum atomic E-state index is 0.0884. The van der Waals surface area contributed by atoms with Gasteiger partial charge in [0.1, 0.15) is 10.3 Å². The van der Waals surface area contributed by atoms with Crippen LogP contribution in [0.15, 0.2) is 22.6 Å². The molecule has 4 rings (SSSR count). The third kappa shape index (κ3) is 3.72. The smallest absolute Gasteiger partial charge is 0.233 e. The Morgan fingerprint density at radius 1 is 1.19 bits per heavy atom. The summed E-state index contributed by atoms with van der Waals surface area (Å²) in [7, 11) is 0. The number of hydrogen-bond donors (Lipinski definition) is 0. The van der Waals surface area contributed by atoms with E-state index in [9.17, 15) is 9.59 Å². The number of fused-ring (bicyclic) bond motifs is 2. The molecule has 0 unspecified atom stereocenters. The number of rotatable bonds is 5. The molecule has 1 amide bonds. The van der Waals surface area contributed by atoms with E-state index in [1.807, 2.05) is 11.0 Å². The Bertz CT molecular complexity index is 925. The Hall–Kier alpha value is -1.60. The molecule has 1 aliphatic carbocycles. The molecule has 0 spiro atoms. The van der Waals surface area contributed by atoms with E-state index in [-0.39, 0.29) is 11.3 Å². The second-order valence-corrected chi connectivity index (χ2v) is 9.24. The van der Waals surface area contributed by atoms with Crippen LogP contribution >= 0.6 is 23.1 Å². The van der Waals surface area contributed by atoms with Gasteiger partial charge in [-0.25, -0.2) is 4.98 Å². The molecule has 144 valence electrons. The standard InChI is InChI=1S/C20H25N3O2S2/c1-2-10-23-19-17(18(25)14-8-4-5-9-15(14)27-19)21-20(23)26-13-16(24)22-11-6-3-7-12-22/h2H,1,3-13H2. The normalized spacial score (nSPS) is 17.1. The number of imidazole rings is 1. The Morgan fingerprint density at radius 2 is 1.96 bits per heavy atom. The maximum absolute atomic E-state index is 12.9. The zero-order chi connectivity index (χ0) is 18.8. The molecule has 2 aromatic heterocycles. The zero-order valence-electron chi connectivity index (χ0n) is 15.5. The number of thioether (sulfide) groups is 1. The van der Waals surface area contributed by atoms with E-state index in [2.05, 4.69) is 16.1 Å². The van der Waals surface area contributed by atoms with Gasteiger partial charge in [-0.2, -0.15) is 0 Å². The van der Waals surface area contributed by atoms with Crippen LogP contribution in [-0.4, -0.2) is 39.2 Å². The molecule has 0 atom stereocenters. The maximum Gasteiger partial charge on any atom is 0.233 e. The molecule has 0 N–H and O–H groups in total. The first-order valence-corrected chi connectivity index (χ1v) is 11.6. The molecule has 2 aromatic rings. The summed E-state index contributed by atoms with van der Waals surface area (Å²) < 4.78 is 2.05. The van der Waals surface area contributed by atoms with Crippen molar-refractivity contribution >= 4 is 39.4 Å². The second kappa shape index (κ2) is 8.19. The summed E-state index contributed by atoms with van der Waals surface area (Å²) in [5.74, 6) is 0.543. The van der Waals surface area contributed by atoms with Crippen molar-refractivity contribution in [3.63, 3.8) is 0 Å². The van der Waals surface area contributed by atoms with Gasteiger partial charge in [-0.05, 0) is 44.9 Å². The van der Waals surface area contributed by atoms with E-state index in [4.69, 9.17) is 0 Å². The van der Waals surface area contributed by atoms with Gasteiger partial charge in [0.2, 0.25) is 11.3 Å². The van der Waals surface area contributed by atoms with Crippen LogP contribution in [0.3, 0.4) is 0 Å². The SMILES string of the molecule is C=CCn1c(SCC(=O)N2CCCCC2)nc2c(=O)c3c(sc21)CCCC3. The number of hydrogen-bond acceptors (Lipinski definition) is 5. The Labute approximate surface area is 167 Å². The summed E-state index contributed by atoms with van der Waals surface area (Å²) in [6.45, 7) is 6.18. The van der Waals surface area contributed by atoms with Crippen LogP contribution in [0.1, 0.15) is 42.5 Å². The summed E-state index contributed by atoms with van der Waals surface area (Å²) in [4.78, 5) is 34.2. The van der Waals surface area contributed by atoms with E-state index >= 15 is 0 Å². The van der Waals surface area contributed by atoms with Crippen LogP contribution in [0.25, 0.3) is 10.3 Å². The average molecular weight is 404 g/mol. The highest BCUT2D eigenvalue weighted by atomic mass is 32.2. The quantitative estimate of drug-likeness (QED) is 0.565. The van der Waals surface area contributed by atoms with Crippen LogP contribution in [0.5, 0.6) is 0 Å². The first-order valence-electron chi connectivity index (χ1n) is 9.75. The third-order valence-corrected chi connectivity index (χ3v) is 7.62. The van der Waals surface area contributed by atoms with Gasteiger partial charge in [0.05, 0.1) is 5.75 Å². The van der Waals surface area contributed by atoms with Crippen LogP contribution < -0.4 is 5.43 Å². The molecule has 3 heterocycles. The number of allylic oxidation sites excluding steroid dienone is 1. The molecule has 1 fully saturated rings. The number of amides is 1. The van der Waals surface area contributed by atoms with Gasteiger partial charge >= 0.3 is 0 Å². The second-order valence-electron chi connectivity index (χ2n) is 7.22. The number of carbonyl (C=O) groups excluding carboxylic acids is 1. The number of likely N-dealkylation sites (tertiary alicyclic amines) is 1. The highest BCUT2D eigenvalue weighted by Gasteiger charge is 2.23. The monoisotopic (exact) mass is 403 g/mol. The zero-order valence-corrected chi connectivity index (χ0v) is 17.2. The van der Waals surface area contributed by atoms with Crippen molar-refractivity contribution in [1.29, 1.82) is 0 Å². The van der Waals surface area contributed by atoms with E-state index in [0.29, 0.717) is 17.8 Å². The van der Waals surface area contributed by atoms with Gasteiger partial charge in [-0.3, -0.25) is 9.59 Å². The fourth-order valence-corrected chi connectivity index (χ4v) is 6.20. The number of aromatic nitrogens is 2. The van der Waals surface area contributed by atoms with E-state index in [0.717, 1.165) is 67.2 Å². The molecule has 0 bridgehead atoms. The molecule has 1 saturated heterocycles. The van der Waals surface area contributed by atoms with Gasteiger partial charge in [0, 0.05) is 30.1 Å². The molecule has 1 aliphatic heterocycles. The molecule has 7 heteroatoms. The lowest BCUT2D eigenvalue weighted by Crippen LogP contribution is -2.36. The predicted molar refractivity (Wildman–Crippen MR) is 112 cm³/mol. The third-order valence-electron chi connectivity index (χ3n) is 5.36. The summed E-state index contributed by atoms with van der Waals surface area (Å²) in [6, 6.07) is 0. The van der Waals surface area contributed by atoms with Crippen molar-refractivity contribution in [3.8, 4) is 0 Å². The number of piperidine rings is 1. The van der Waals surface area contributed by atoms with Crippen molar-refractivity contribution in [1.82, 2.24) is 14.5 Å². The van der Waals surface area contributed by atoms with E-state index in [1.54, 1.807) is 11.3 Å². The average Bonchev–Trinajstić information content (AvgIpc) is 3.05. The predicted octanol–water partition coefficient (Wildman–Crippen LogP) is 3.63. The highest BCUT2D eigenvalue weighted by molar-refractivity contribution is 7.99. The lowest BCUT2D eigenvalue weighted by molar-refractivity contribution is -0.129. The minimum Gasteiger partial charge on any atom is -0.342 e. The van der Waals surface area contributed by atoms with Crippen molar-refractivity contribution in [2.24, 2.45) is 0 Å². The number of nitrogens with zero attached hydrogens (tertiary/aromatic N) is 3. The Balaban J connectivity index is 1.64. The fraction of sp³-hybridized carbons (Fsp3) is 0.550. The number of carbonyl (C=O) groups is 1. The maximum atomic E-state index is 12.9. The minimum absolute atomic E-state index is 0.0884. The van der Waals surface area contributed by atoms with Gasteiger partial charge in [0.25, 0.3) is 0 Å². The molecule has 27 heavy (non-hydrogen) atoms. The van der Waals surface area contributed by atoms with Crippen LogP contribution in [-0.2, 0) is 24.2 Å². The first-order chi connectivity index (χ1) is 13.2. The van der Waals surface area contributed by atoms with Crippen LogP contribution in [0, 0.1) is 0 Å². The van der Waals surface area contributed by atoms with Crippen molar-refractivity contribution in [3.05, 3.63) is 33.3 Å². The molecule has 0 saturated carbocycles. The molecule has 0 radical (unpaired) electrons. The van der Waals surface area contributed by atoms with Gasteiger partial charge < -0.3 is 9.47 Å². The van der Waals surface area contributed by atoms with Gasteiger partial charge in [-0.1, -0.05) is 17.8 Å². The summed E-state index contributed by atoms with van der Waals surface area (Å²) in [5.41, 5.74) is 1.61. The van der Waals surface area contributed by atoms with Crippen molar-refractivity contribution in [2.45, 2.75) is 56.6 Å². The van der Waals surface area contributed by atoms with Crippen LogP contribution in [0.4, 0.5) is 0 Å². The lowest BCUT2D eigenvalue weighted by Gasteiger charge is -2.26. The Morgan fingerprint density at radius 3 is 2.74 bits per heavy atom. The van der Waals surface area contributed by atoms with Crippen LogP contribution in [0.2, 0.25) is 0 Å². The van der Waals surface area contributed by atoms with Gasteiger partial charge in [-0.15, -0.1) is 17.9 Å². The van der Waals surface area contributed by atoms with Crippen molar-refractivity contribution < 1.29 is 4.79 Å². The first kappa shape index (κ1) is 18.7. The largest absolute Gasteiger partial charge is 0.342 e. The molecule has 2 aliphatic rings. The summed E-state index contributed by atoms with van der Waals surface area (Å²) in [5, 5.41) is 0.756. The highest BCUT2D eigenvalue weighted by Crippen LogP contribution is 2.31. The topological polar surface area (TPSA) is 55.2 Å². The van der Waals surface area contributed by atoms with Crippen molar-refractivity contribution in [2.75, 3.05) is 18.8 Å². The fourth-order valence-electron chi connectivity index (χ4n) is 3.92. The molecule has 0 aromatic carbocycles. The van der Waals surface area contributed by atoms with E-state index < -0.39 is 0 Å². The molecular weight excluding hydrogens is 378 g/mol. The summed E-state index contributed by atoms with van der Waals surface area (Å²) in [6.07, 6.45) is 9.32. The molecular formula is C20H25N3O2S2. The Kier molecular flexibility index (Phi) is 5.68. The summed E-state index contributed by atoms with van der Waals surface area (Å²) >= 11 is 3.14.